The lowest BCUT2D eigenvalue weighted by Crippen LogP contribution is -2.12. The van der Waals surface area contributed by atoms with Gasteiger partial charge in [0.1, 0.15) is 0 Å². The van der Waals surface area contributed by atoms with E-state index in [1.165, 1.54) is 19.3 Å². The van der Waals surface area contributed by atoms with Gasteiger partial charge in [-0.1, -0.05) is 41.5 Å². The Kier molecular flexibility index (Phi) is 10.8. The van der Waals surface area contributed by atoms with E-state index in [1.807, 2.05) is 13.8 Å². The van der Waals surface area contributed by atoms with E-state index in [9.17, 15) is 0 Å². The summed E-state index contributed by atoms with van der Waals surface area (Å²) in [7, 11) is 0. The monoisotopic (exact) mass is 258 g/mol. The van der Waals surface area contributed by atoms with Gasteiger partial charge in [0.25, 0.3) is 0 Å². The minimum absolute atomic E-state index is 0.565. The van der Waals surface area contributed by atoms with E-state index in [0.29, 0.717) is 6.10 Å². The molecule has 110 valence electrons. The largest absolute Gasteiger partial charge is 0.381 e. The highest BCUT2D eigenvalue weighted by Gasteiger charge is 2.18. The van der Waals surface area contributed by atoms with Crippen LogP contribution in [0, 0.1) is 17.8 Å². The summed E-state index contributed by atoms with van der Waals surface area (Å²) in [5.74, 6) is 2.38. The highest BCUT2D eigenvalue weighted by Crippen LogP contribution is 2.20. The van der Waals surface area contributed by atoms with Gasteiger partial charge < -0.3 is 9.47 Å². The molecule has 0 saturated carbocycles. The molecule has 0 spiro atoms. The van der Waals surface area contributed by atoms with Crippen molar-refractivity contribution in [2.75, 3.05) is 19.8 Å². The summed E-state index contributed by atoms with van der Waals surface area (Å²) in [6.45, 7) is 15.9. The van der Waals surface area contributed by atoms with Crippen LogP contribution in [0.15, 0.2) is 0 Å². The Hall–Kier alpha value is -0.0800. The molecule has 0 aromatic rings. The topological polar surface area (TPSA) is 18.5 Å². The lowest BCUT2D eigenvalue weighted by molar-refractivity contribution is 0.0758. The highest BCUT2D eigenvalue weighted by molar-refractivity contribution is 4.67. The first-order valence-electron chi connectivity index (χ1n) is 7.80. The minimum Gasteiger partial charge on any atom is -0.381 e. The maximum absolute atomic E-state index is 5.41. The van der Waals surface area contributed by atoms with Crippen LogP contribution in [-0.2, 0) is 9.47 Å². The zero-order chi connectivity index (χ0) is 14.0. The Morgan fingerprint density at radius 3 is 1.78 bits per heavy atom. The van der Waals surface area contributed by atoms with Gasteiger partial charge in [0.15, 0.2) is 0 Å². The fourth-order valence-electron chi connectivity index (χ4n) is 2.21. The predicted molar refractivity (Wildman–Crippen MR) is 78.9 cm³/mol. The molecule has 2 heterocycles. The molecule has 0 aliphatic carbocycles. The van der Waals surface area contributed by atoms with Gasteiger partial charge in [0.05, 0.1) is 6.10 Å². The van der Waals surface area contributed by atoms with Gasteiger partial charge in [-0.2, -0.15) is 0 Å². The Bertz CT molecular complexity index is 146. The Balaban J connectivity index is 0.000000283. The summed E-state index contributed by atoms with van der Waals surface area (Å²) < 4.78 is 10.6. The van der Waals surface area contributed by atoms with Crippen molar-refractivity contribution in [3.05, 3.63) is 0 Å². The van der Waals surface area contributed by atoms with E-state index in [2.05, 4.69) is 27.7 Å². The fourth-order valence-corrected chi connectivity index (χ4v) is 2.21. The molecule has 2 fully saturated rings. The van der Waals surface area contributed by atoms with Crippen LogP contribution in [-0.4, -0.2) is 25.9 Å². The third kappa shape index (κ3) is 7.38. The van der Waals surface area contributed by atoms with Crippen LogP contribution in [0.25, 0.3) is 0 Å². The Labute approximate surface area is 114 Å². The Morgan fingerprint density at radius 2 is 1.56 bits per heavy atom. The SMILES string of the molecule is CC.CC(C)C1CCCO1.CC(C)C1CCOC1. The number of hydrogen-bond acceptors (Lipinski definition) is 2. The van der Waals surface area contributed by atoms with Crippen molar-refractivity contribution in [2.24, 2.45) is 17.8 Å². The van der Waals surface area contributed by atoms with Gasteiger partial charge in [-0.25, -0.2) is 0 Å². The van der Waals surface area contributed by atoms with Crippen LogP contribution in [0.2, 0.25) is 0 Å². The summed E-state index contributed by atoms with van der Waals surface area (Å²) in [4.78, 5) is 0. The van der Waals surface area contributed by atoms with Crippen LogP contribution in [0.4, 0.5) is 0 Å². The normalized spacial score (nSPS) is 26.7. The smallest absolute Gasteiger partial charge is 0.0598 e. The molecule has 2 rings (SSSR count). The van der Waals surface area contributed by atoms with Crippen LogP contribution in [0.1, 0.15) is 60.8 Å². The molecule has 2 atom stereocenters. The minimum atomic E-state index is 0.565. The van der Waals surface area contributed by atoms with Crippen molar-refractivity contribution in [2.45, 2.75) is 66.9 Å². The van der Waals surface area contributed by atoms with E-state index < -0.39 is 0 Å². The number of hydrogen-bond donors (Lipinski definition) is 0. The molecular weight excluding hydrogens is 224 g/mol. The number of ether oxygens (including phenoxy) is 2. The van der Waals surface area contributed by atoms with Crippen LogP contribution in [0.3, 0.4) is 0 Å². The molecule has 0 aromatic heterocycles. The molecule has 0 radical (unpaired) electrons. The molecule has 2 aliphatic rings. The van der Waals surface area contributed by atoms with Crippen LogP contribution < -0.4 is 0 Å². The first-order chi connectivity index (χ1) is 8.61. The molecule has 2 heteroatoms. The van der Waals surface area contributed by atoms with Gasteiger partial charge in [0.2, 0.25) is 0 Å². The second-order valence-electron chi connectivity index (χ2n) is 5.66. The van der Waals surface area contributed by atoms with Crippen molar-refractivity contribution in [3.63, 3.8) is 0 Å². The van der Waals surface area contributed by atoms with Crippen molar-refractivity contribution in [3.8, 4) is 0 Å². The van der Waals surface area contributed by atoms with E-state index >= 15 is 0 Å². The van der Waals surface area contributed by atoms with E-state index in [4.69, 9.17) is 9.47 Å². The van der Waals surface area contributed by atoms with Crippen molar-refractivity contribution < 1.29 is 9.47 Å². The van der Waals surface area contributed by atoms with Gasteiger partial charge in [0, 0.05) is 19.8 Å². The predicted octanol–water partition coefficient (Wildman–Crippen LogP) is 4.53. The summed E-state index contributed by atoms with van der Waals surface area (Å²) in [6, 6.07) is 0. The summed E-state index contributed by atoms with van der Waals surface area (Å²) in [5.41, 5.74) is 0. The maximum atomic E-state index is 5.41. The van der Waals surface area contributed by atoms with Gasteiger partial charge in [-0.15, -0.1) is 0 Å². The van der Waals surface area contributed by atoms with E-state index in [-0.39, 0.29) is 0 Å². The molecule has 2 unspecified atom stereocenters. The first-order valence-corrected chi connectivity index (χ1v) is 7.80. The third-order valence-electron chi connectivity index (χ3n) is 3.62. The van der Waals surface area contributed by atoms with Crippen molar-refractivity contribution in [1.29, 1.82) is 0 Å². The average Bonchev–Trinajstić information content (AvgIpc) is 3.06. The standard InChI is InChI=1S/2C7H14O.C2H6/c1-6(2)7-3-4-8-5-7;1-6(2)7-4-3-5-8-7;1-2/h2*6-7H,3-5H2,1-2H3;1-2H3. The summed E-state index contributed by atoms with van der Waals surface area (Å²) in [5, 5.41) is 0. The van der Waals surface area contributed by atoms with Crippen LogP contribution >= 0.6 is 0 Å². The molecule has 0 amide bonds. The zero-order valence-corrected chi connectivity index (χ0v) is 13.4. The Morgan fingerprint density at radius 1 is 0.889 bits per heavy atom. The molecule has 2 aliphatic heterocycles. The first kappa shape index (κ1) is 17.9. The van der Waals surface area contributed by atoms with E-state index in [1.54, 1.807) is 0 Å². The maximum Gasteiger partial charge on any atom is 0.0598 e. The lowest BCUT2D eigenvalue weighted by Gasteiger charge is -2.11. The fraction of sp³-hybridized carbons (Fsp3) is 1.00. The average molecular weight is 258 g/mol. The second-order valence-corrected chi connectivity index (χ2v) is 5.66. The lowest BCUT2D eigenvalue weighted by atomic mass is 9.96. The number of rotatable bonds is 2. The molecular formula is C16H34O2. The zero-order valence-electron chi connectivity index (χ0n) is 13.4. The quantitative estimate of drug-likeness (QED) is 0.724. The molecule has 0 N–H and O–H groups in total. The summed E-state index contributed by atoms with van der Waals surface area (Å²) in [6.07, 6.45) is 4.38. The molecule has 0 aromatic carbocycles. The van der Waals surface area contributed by atoms with Gasteiger partial charge >= 0.3 is 0 Å². The van der Waals surface area contributed by atoms with E-state index in [0.717, 1.165) is 37.6 Å². The summed E-state index contributed by atoms with van der Waals surface area (Å²) >= 11 is 0. The molecule has 2 nitrogen and oxygen atoms in total. The van der Waals surface area contributed by atoms with Gasteiger partial charge in [-0.3, -0.25) is 0 Å². The van der Waals surface area contributed by atoms with Crippen LogP contribution in [0.5, 0.6) is 0 Å². The van der Waals surface area contributed by atoms with Gasteiger partial charge in [-0.05, 0) is 37.0 Å². The molecule has 2 saturated heterocycles. The molecule has 18 heavy (non-hydrogen) atoms. The van der Waals surface area contributed by atoms with Crippen molar-refractivity contribution in [1.82, 2.24) is 0 Å². The van der Waals surface area contributed by atoms with Crippen molar-refractivity contribution >= 4 is 0 Å². The second kappa shape index (κ2) is 10.8. The third-order valence-corrected chi connectivity index (χ3v) is 3.62. The highest BCUT2D eigenvalue weighted by atomic mass is 16.5. The molecule has 0 bridgehead atoms.